The average Bonchev–Trinajstić information content (AvgIpc) is 3.33. The fourth-order valence-electron chi connectivity index (χ4n) is 3.54. The Labute approximate surface area is 166 Å². The molecule has 0 saturated heterocycles. The predicted molar refractivity (Wildman–Crippen MR) is 105 cm³/mol. The summed E-state index contributed by atoms with van der Waals surface area (Å²) in [6.45, 7) is 2.68. The maximum atomic E-state index is 13.1. The number of ether oxygens (including phenoxy) is 1. The van der Waals surface area contributed by atoms with Gasteiger partial charge in [-0.3, -0.25) is 14.7 Å². The number of nitrogens with one attached hydrogen (secondary N) is 1. The largest absolute Gasteiger partial charge is 0.507 e. The number of rotatable bonds is 6. The molecule has 3 N–H and O–H groups in total. The van der Waals surface area contributed by atoms with Gasteiger partial charge in [0.05, 0.1) is 17.7 Å². The maximum absolute atomic E-state index is 13.1. The first-order valence-corrected chi connectivity index (χ1v) is 9.40. The van der Waals surface area contributed by atoms with Crippen LogP contribution in [0.3, 0.4) is 0 Å². The van der Waals surface area contributed by atoms with Gasteiger partial charge in [0.15, 0.2) is 5.78 Å². The molecule has 1 aliphatic heterocycles. The summed E-state index contributed by atoms with van der Waals surface area (Å²) >= 11 is 0. The van der Waals surface area contributed by atoms with E-state index in [0.717, 1.165) is 11.1 Å². The van der Waals surface area contributed by atoms with Crippen LogP contribution in [0.5, 0.6) is 11.5 Å². The Kier molecular flexibility index (Phi) is 4.94. The van der Waals surface area contributed by atoms with Crippen LogP contribution in [0.25, 0.3) is 10.9 Å². The number of phenolic OH excluding ortho intramolecular Hbond substituents is 1. The van der Waals surface area contributed by atoms with E-state index in [-0.39, 0.29) is 41.9 Å². The van der Waals surface area contributed by atoms with Crippen molar-refractivity contribution in [2.75, 3.05) is 13.2 Å². The van der Waals surface area contributed by atoms with Crippen LogP contribution in [0.2, 0.25) is 0 Å². The molecule has 2 aromatic carbocycles. The number of aromatic nitrogens is 2. The molecule has 0 spiro atoms. The number of hydrogen-bond acceptors (Lipinski definition) is 6. The summed E-state index contributed by atoms with van der Waals surface area (Å²) in [5.41, 5.74) is 2.87. The van der Waals surface area contributed by atoms with Gasteiger partial charge in [-0.05, 0) is 29.3 Å². The highest BCUT2D eigenvalue weighted by molar-refractivity contribution is 6.09. The smallest absolute Gasteiger partial charge is 0.258 e. The number of hydrogen-bond donors (Lipinski definition) is 3. The molecule has 0 aliphatic carbocycles. The molecule has 8 heteroatoms. The number of benzene rings is 2. The Morgan fingerprint density at radius 3 is 2.76 bits per heavy atom. The lowest BCUT2D eigenvalue weighted by Gasteiger charge is -2.16. The number of fused-ring (bicyclic) bond motifs is 2. The quantitative estimate of drug-likeness (QED) is 0.552. The van der Waals surface area contributed by atoms with E-state index >= 15 is 0 Å². The third-order valence-electron chi connectivity index (χ3n) is 5.04. The highest BCUT2D eigenvalue weighted by Crippen LogP contribution is 2.32. The topological polar surface area (TPSA) is 116 Å². The molecule has 29 heavy (non-hydrogen) atoms. The van der Waals surface area contributed by atoms with Crippen LogP contribution in [-0.4, -0.2) is 50.2 Å². The number of nitrogens with zero attached hydrogens (tertiary/aromatic N) is 2. The number of Topliss-reactive ketones (excluding diaryl/α,β-unsaturated/α-hetero) is 1. The minimum Gasteiger partial charge on any atom is -0.507 e. The summed E-state index contributed by atoms with van der Waals surface area (Å²) in [6.07, 6.45) is 0.298. The van der Waals surface area contributed by atoms with Crippen LogP contribution in [-0.2, 0) is 13.1 Å². The van der Waals surface area contributed by atoms with Crippen LogP contribution < -0.4 is 4.74 Å². The molecule has 0 unspecified atom stereocenters. The molecule has 8 nitrogen and oxygen atoms in total. The fraction of sp³-hybridized carbons (Fsp3) is 0.286. The molecule has 1 aromatic heterocycles. The van der Waals surface area contributed by atoms with Crippen molar-refractivity contribution in [1.82, 2.24) is 15.1 Å². The Balaban J connectivity index is 1.62. The molecule has 150 valence electrons. The number of carbonyl (C=O) groups excluding carboxylic acids is 2. The molecular formula is C21H21N3O5. The van der Waals surface area contributed by atoms with E-state index in [1.165, 1.54) is 12.1 Å². The third-order valence-corrected chi connectivity index (χ3v) is 5.04. The summed E-state index contributed by atoms with van der Waals surface area (Å²) in [4.78, 5) is 26.8. The zero-order valence-corrected chi connectivity index (χ0v) is 15.9. The summed E-state index contributed by atoms with van der Waals surface area (Å²) < 4.78 is 5.43. The molecule has 1 amide bonds. The Hall–Kier alpha value is -3.39. The van der Waals surface area contributed by atoms with E-state index in [1.54, 1.807) is 17.9 Å². The van der Waals surface area contributed by atoms with E-state index in [0.29, 0.717) is 36.2 Å². The third kappa shape index (κ3) is 3.42. The van der Waals surface area contributed by atoms with Gasteiger partial charge in [-0.15, -0.1) is 0 Å². The number of aliphatic hydroxyl groups excluding tert-OH is 1. The van der Waals surface area contributed by atoms with Gasteiger partial charge in [-0.1, -0.05) is 13.0 Å². The molecule has 0 fully saturated rings. The van der Waals surface area contributed by atoms with E-state index < -0.39 is 0 Å². The Morgan fingerprint density at radius 1 is 1.21 bits per heavy atom. The first-order valence-electron chi connectivity index (χ1n) is 9.40. The van der Waals surface area contributed by atoms with Crippen LogP contribution in [0.1, 0.15) is 45.3 Å². The van der Waals surface area contributed by atoms with Crippen molar-refractivity contribution in [1.29, 1.82) is 0 Å². The number of amides is 1. The summed E-state index contributed by atoms with van der Waals surface area (Å²) in [7, 11) is 0. The van der Waals surface area contributed by atoms with Gasteiger partial charge in [-0.25, -0.2) is 0 Å². The molecule has 0 atom stereocenters. The second-order valence-electron chi connectivity index (χ2n) is 6.93. The SMILES string of the molecule is CCC(=O)c1n[nH]c2cc(O)c(C(=O)N3Cc4ccc(OCCO)cc4C3)cc12. The second kappa shape index (κ2) is 7.56. The number of aromatic amines is 1. The van der Waals surface area contributed by atoms with Crippen molar-refractivity contribution in [3.63, 3.8) is 0 Å². The predicted octanol–water partition coefficient (Wildman–Crippen LogP) is 2.39. The number of ketones is 1. The Morgan fingerprint density at radius 2 is 2.00 bits per heavy atom. The summed E-state index contributed by atoms with van der Waals surface area (Å²) in [6, 6.07) is 8.51. The van der Waals surface area contributed by atoms with Gasteiger partial charge in [0.1, 0.15) is 23.8 Å². The van der Waals surface area contributed by atoms with Crippen molar-refractivity contribution in [2.45, 2.75) is 26.4 Å². The lowest BCUT2D eigenvalue weighted by Crippen LogP contribution is -2.25. The number of aliphatic hydroxyl groups is 1. The number of H-pyrrole nitrogens is 1. The summed E-state index contributed by atoms with van der Waals surface area (Å²) in [5.74, 6) is 0.0147. The van der Waals surface area contributed by atoms with Crippen LogP contribution in [0.15, 0.2) is 30.3 Å². The zero-order chi connectivity index (χ0) is 20.5. The molecule has 0 saturated carbocycles. The normalized spacial score (nSPS) is 13.0. The number of aromatic hydroxyl groups is 1. The van der Waals surface area contributed by atoms with E-state index in [2.05, 4.69) is 10.2 Å². The molecular weight excluding hydrogens is 374 g/mol. The fourth-order valence-corrected chi connectivity index (χ4v) is 3.54. The van der Waals surface area contributed by atoms with Crippen LogP contribution in [0, 0.1) is 0 Å². The van der Waals surface area contributed by atoms with Crippen molar-refractivity contribution >= 4 is 22.6 Å². The molecule has 1 aliphatic rings. The van der Waals surface area contributed by atoms with Crippen molar-refractivity contribution in [3.05, 3.63) is 52.7 Å². The van der Waals surface area contributed by atoms with Gasteiger partial charge in [-0.2, -0.15) is 5.10 Å². The molecule has 0 radical (unpaired) electrons. The van der Waals surface area contributed by atoms with Crippen molar-refractivity contribution < 1.29 is 24.5 Å². The van der Waals surface area contributed by atoms with E-state index in [9.17, 15) is 14.7 Å². The lowest BCUT2D eigenvalue weighted by molar-refractivity contribution is 0.0748. The molecule has 3 aromatic rings. The van der Waals surface area contributed by atoms with Gasteiger partial charge in [0.2, 0.25) is 0 Å². The minimum atomic E-state index is -0.325. The monoisotopic (exact) mass is 395 g/mol. The first-order chi connectivity index (χ1) is 14.0. The van der Waals surface area contributed by atoms with Crippen LogP contribution >= 0.6 is 0 Å². The maximum Gasteiger partial charge on any atom is 0.258 e. The molecule has 2 heterocycles. The minimum absolute atomic E-state index is 0.0695. The number of phenols is 1. The van der Waals surface area contributed by atoms with Gasteiger partial charge in [0, 0.05) is 31.0 Å². The van der Waals surface area contributed by atoms with Gasteiger partial charge in [0.25, 0.3) is 5.91 Å². The second-order valence-corrected chi connectivity index (χ2v) is 6.93. The van der Waals surface area contributed by atoms with Crippen LogP contribution in [0.4, 0.5) is 0 Å². The van der Waals surface area contributed by atoms with Crippen molar-refractivity contribution in [2.24, 2.45) is 0 Å². The zero-order valence-electron chi connectivity index (χ0n) is 15.9. The van der Waals surface area contributed by atoms with E-state index in [1.807, 2.05) is 12.1 Å². The summed E-state index contributed by atoms with van der Waals surface area (Å²) in [5, 5.41) is 26.5. The highest BCUT2D eigenvalue weighted by atomic mass is 16.5. The average molecular weight is 395 g/mol. The van der Waals surface area contributed by atoms with Gasteiger partial charge >= 0.3 is 0 Å². The Bertz CT molecular complexity index is 1110. The van der Waals surface area contributed by atoms with E-state index in [4.69, 9.17) is 9.84 Å². The number of carbonyl (C=O) groups is 2. The lowest BCUT2D eigenvalue weighted by atomic mass is 10.1. The first kappa shape index (κ1) is 18.9. The standard InChI is InChI=1S/C21H21N3O5/c1-2-18(26)20-15-8-16(19(27)9-17(15)22-23-20)21(28)24-10-12-3-4-14(29-6-5-25)7-13(12)11-24/h3-4,7-9,25,27H,2,5-6,10-11H2,1H3,(H,22,23). The molecule has 4 rings (SSSR count). The highest BCUT2D eigenvalue weighted by Gasteiger charge is 2.27. The van der Waals surface area contributed by atoms with Gasteiger partial charge < -0.3 is 19.8 Å². The van der Waals surface area contributed by atoms with Crippen molar-refractivity contribution in [3.8, 4) is 11.5 Å². The molecule has 0 bridgehead atoms.